The van der Waals surface area contributed by atoms with Crippen LogP contribution in [0.2, 0.25) is 0 Å². The van der Waals surface area contributed by atoms with Crippen LogP contribution in [0, 0.1) is 11.2 Å². The van der Waals surface area contributed by atoms with Crippen LogP contribution in [-0.4, -0.2) is 46.3 Å². The molecule has 0 saturated carbocycles. The van der Waals surface area contributed by atoms with E-state index in [4.69, 9.17) is 4.74 Å². The average Bonchev–Trinajstić information content (AvgIpc) is 3.13. The Labute approximate surface area is 170 Å². The van der Waals surface area contributed by atoms with Crippen LogP contribution in [0.3, 0.4) is 0 Å². The van der Waals surface area contributed by atoms with Gasteiger partial charge in [0, 0.05) is 32.8 Å². The van der Waals surface area contributed by atoms with Crippen molar-refractivity contribution in [2.24, 2.45) is 12.5 Å². The molecule has 2 heterocycles. The largest absolute Gasteiger partial charge is 0.466 e. The second-order valence-corrected chi connectivity index (χ2v) is 7.75. The molecule has 0 aliphatic carbocycles. The molecule has 156 valence electrons. The lowest BCUT2D eigenvalue weighted by Gasteiger charge is -2.41. The number of halogens is 1. The Hall–Kier alpha value is -2.70. The Morgan fingerprint density at radius 2 is 2.00 bits per heavy atom. The van der Waals surface area contributed by atoms with Crippen LogP contribution in [0.5, 0.6) is 0 Å². The van der Waals surface area contributed by atoms with Crippen LogP contribution in [0.4, 0.5) is 4.39 Å². The number of benzene rings is 1. The monoisotopic (exact) mass is 401 g/mol. The van der Waals surface area contributed by atoms with Crippen molar-refractivity contribution in [2.45, 2.75) is 39.0 Å². The molecule has 6 nitrogen and oxygen atoms in total. The first-order valence-corrected chi connectivity index (χ1v) is 10.1. The number of aryl methyl sites for hydroxylation is 2. The quantitative estimate of drug-likeness (QED) is 0.669. The summed E-state index contributed by atoms with van der Waals surface area (Å²) in [6, 6.07) is 6.18. The molecule has 1 fully saturated rings. The van der Waals surface area contributed by atoms with Crippen molar-refractivity contribution in [3.05, 3.63) is 53.6 Å². The molecule has 1 saturated heterocycles. The Morgan fingerprint density at radius 1 is 1.24 bits per heavy atom. The van der Waals surface area contributed by atoms with Gasteiger partial charge < -0.3 is 9.64 Å². The summed E-state index contributed by atoms with van der Waals surface area (Å²) < 4.78 is 20.4. The van der Waals surface area contributed by atoms with Crippen molar-refractivity contribution < 1.29 is 18.7 Å². The van der Waals surface area contributed by atoms with Gasteiger partial charge in [-0.25, -0.2) is 4.39 Å². The Bertz CT molecular complexity index is 849. The van der Waals surface area contributed by atoms with Gasteiger partial charge in [0.2, 0.25) is 5.91 Å². The third-order valence-corrected chi connectivity index (χ3v) is 5.48. The maximum Gasteiger partial charge on any atom is 0.314 e. The zero-order valence-electron chi connectivity index (χ0n) is 17.1. The van der Waals surface area contributed by atoms with Gasteiger partial charge in [-0.3, -0.25) is 14.3 Å². The molecule has 1 aromatic carbocycles. The standard InChI is InChI=1S/C22H28FN3O3/c1-3-29-21(28)22(13-17-5-8-19(23)9-6-17)11-4-12-26(16-22)20(27)10-7-18-14-24-25(2)15-18/h5-6,8-9,14-15H,3-4,7,10-13,16H2,1-2H3/t22-/m1/s1. The number of amides is 1. The van der Waals surface area contributed by atoms with Crippen molar-refractivity contribution in [1.29, 1.82) is 0 Å². The Kier molecular flexibility index (Phi) is 6.67. The van der Waals surface area contributed by atoms with Gasteiger partial charge in [-0.15, -0.1) is 0 Å². The minimum atomic E-state index is -0.796. The van der Waals surface area contributed by atoms with E-state index in [-0.39, 0.29) is 17.7 Å². The molecule has 0 radical (unpaired) electrons. The molecule has 2 aromatic rings. The van der Waals surface area contributed by atoms with Gasteiger partial charge >= 0.3 is 5.97 Å². The van der Waals surface area contributed by atoms with Gasteiger partial charge in [0.25, 0.3) is 0 Å². The number of hydrogen-bond acceptors (Lipinski definition) is 4. The van der Waals surface area contributed by atoms with E-state index in [1.807, 2.05) is 13.2 Å². The van der Waals surface area contributed by atoms with Gasteiger partial charge in [-0.05, 0) is 55.9 Å². The molecular weight excluding hydrogens is 373 g/mol. The van der Waals surface area contributed by atoms with E-state index in [1.54, 1.807) is 34.8 Å². The van der Waals surface area contributed by atoms with Crippen LogP contribution in [0.25, 0.3) is 0 Å². The molecule has 1 aliphatic rings. The smallest absolute Gasteiger partial charge is 0.314 e. The van der Waals surface area contributed by atoms with E-state index in [9.17, 15) is 14.0 Å². The van der Waals surface area contributed by atoms with E-state index in [0.29, 0.717) is 45.4 Å². The van der Waals surface area contributed by atoms with E-state index in [0.717, 1.165) is 17.5 Å². The molecule has 0 bridgehead atoms. The summed E-state index contributed by atoms with van der Waals surface area (Å²) >= 11 is 0. The minimum Gasteiger partial charge on any atom is -0.466 e. The lowest BCUT2D eigenvalue weighted by Crippen LogP contribution is -2.51. The van der Waals surface area contributed by atoms with Crippen molar-refractivity contribution in [3.63, 3.8) is 0 Å². The first-order valence-electron chi connectivity index (χ1n) is 10.1. The number of carbonyl (C=O) groups is 2. The van der Waals surface area contributed by atoms with Crippen LogP contribution in [0.1, 0.15) is 37.3 Å². The van der Waals surface area contributed by atoms with Gasteiger partial charge in [0.05, 0.1) is 18.2 Å². The third kappa shape index (κ3) is 5.22. The number of likely N-dealkylation sites (tertiary alicyclic amines) is 1. The predicted octanol–water partition coefficient (Wildman–Crippen LogP) is 2.91. The fourth-order valence-corrected chi connectivity index (χ4v) is 4.02. The van der Waals surface area contributed by atoms with E-state index in [1.165, 1.54) is 12.1 Å². The highest BCUT2D eigenvalue weighted by Gasteiger charge is 2.44. The summed E-state index contributed by atoms with van der Waals surface area (Å²) in [6.45, 7) is 3.04. The highest BCUT2D eigenvalue weighted by atomic mass is 19.1. The van der Waals surface area contributed by atoms with Crippen LogP contribution in [-0.2, 0) is 34.2 Å². The van der Waals surface area contributed by atoms with Crippen molar-refractivity contribution >= 4 is 11.9 Å². The van der Waals surface area contributed by atoms with Crippen molar-refractivity contribution in [3.8, 4) is 0 Å². The number of nitrogens with zero attached hydrogens (tertiary/aromatic N) is 3. The molecule has 1 amide bonds. The van der Waals surface area contributed by atoms with E-state index < -0.39 is 5.41 Å². The molecule has 1 aliphatic heterocycles. The van der Waals surface area contributed by atoms with Gasteiger partial charge in [-0.1, -0.05) is 12.1 Å². The first-order chi connectivity index (χ1) is 13.9. The highest BCUT2D eigenvalue weighted by Crippen LogP contribution is 2.35. The maximum absolute atomic E-state index is 13.3. The Balaban J connectivity index is 1.72. The molecule has 0 N–H and O–H groups in total. The predicted molar refractivity (Wildman–Crippen MR) is 107 cm³/mol. The molecule has 1 aromatic heterocycles. The lowest BCUT2D eigenvalue weighted by atomic mass is 9.75. The first kappa shape index (κ1) is 21.0. The number of ether oxygens (including phenoxy) is 1. The number of hydrogen-bond donors (Lipinski definition) is 0. The number of piperidine rings is 1. The van der Waals surface area contributed by atoms with Crippen molar-refractivity contribution in [1.82, 2.24) is 14.7 Å². The van der Waals surface area contributed by atoms with Crippen LogP contribution >= 0.6 is 0 Å². The molecular formula is C22H28FN3O3. The lowest BCUT2D eigenvalue weighted by molar-refractivity contribution is -0.160. The number of aromatic nitrogens is 2. The topological polar surface area (TPSA) is 64.4 Å². The second kappa shape index (κ2) is 9.20. The zero-order valence-corrected chi connectivity index (χ0v) is 17.1. The summed E-state index contributed by atoms with van der Waals surface area (Å²) in [7, 11) is 1.85. The summed E-state index contributed by atoms with van der Waals surface area (Å²) in [4.78, 5) is 27.5. The molecule has 7 heteroatoms. The fraction of sp³-hybridized carbons (Fsp3) is 0.500. The van der Waals surface area contributed by atoms with E-state index >= 15 is 0 Å². The van der Waals surface area contributed by atoms with Gasteiger partial charge in [-0.2, -0.15) is 5.10 Å². The molecule has 29 heavy (non-hydrogen) atoms. The third-order valence-electron chi connectivity index (χ3n) is 5.48. The zero-order chi connectivity index (χ0) is 20.9. The normalized spacial score (nSPS) is 19.2. The Morgan fingerprint density at radius 3 is 2.66 bits per heavy atom. The maximum atomic E-state index is 13.3. The number of esters is 1. The average molecular weight is 401 g/mol. The summed E-state index contributed by atoms with van der Waals surface area (Å²) in [5, 5.41) is 4.13. The number of carbonyl (C=O) groups excluding carboxylic acids is 2. The summed E-state index contributed by atoms with van der Waals surface area (Å²) in [5.74, 6) is -0.565. The second-order valence-electron chi connectivity index (χ2n) is 7.75. The molecule has 3 rings (SSSR count). The fourth-order valence-electron chi connectivity index (χ4n) is 4.02. The highest BCUT2D eigenvalue weighted by molar-refractivity contribution is 5.81. The van der Waals surface area contributed by atoms with Gasteiger partial charge in [0.15, 0.2) is 0 Å². The van der Waals surface area contributed by atoms with E-state index in [2.05, 4.69) is 5.10 Å². The van der Waals surface area contributed by atoms with Crippen molar-refractivity contribution in [2.75, 3.05) is 19.7 Å². The van der Waals surface area contributed by atoms with Crippen LogP contribution < -0.4 is 0 Å². The SMILES string of the molecule is CCOC(=O)[C@@]1(Cc2ccc(F)cc2)CCCN(C(=O)CCc2cnn(C)c2)C1. The minimum absolute atomic E-state index is 0.0290. The summed E-state index contributed by atoms with van der Waals surface area (Å²) in [5.41, 5.74) is 1.08. The molecule has 0 spiro atoms. The number of rotatable bonds is 7. The van der Waals surface area contributed by atoms with Crippen LogP contribution in [0.15, 0.2) is 36.7 Å². The molecule has 1 atom stereocenters. The van der Waals surface area contributed by atoms with Gasteiger partial charge in [0.1, 0.15) is 5.82 Å². The summed E-state index contributed by atoms with van der Waals surface area (Å²) in [6.07, 6.45) is 6.48. The molecule has 0 unspecified atom stereocenters.